The lowest BCUT2D eigenvalue weighted by atomic mass is 10.1. The summed E-state index contributed by atoms with van der Waals surface area (Å²) in [7, 11) is 1.79. The number of guanidine groups is 1. The third-order valence-electron chi connectivity index (χ3n) is 5.01. The zero-order valence-corrected chi connectivity index (χ0v) is 20.2. The summed E-state index contributed by atoms with van der Waals surface area (Å²) < 4.78 is 5.89. The van der Waals surface area contributed by atoms with Gasteiger partial charge in [-0.05, 0) is 18.9 Å². The maximum absolute atomic E-state index is 11.4. The topological polar surface area (TPSA) is 69.2 Å². The van der Waals surface area contributed by atoms with Crippen molar-refractivity contribution in [3.8, 4) is 0 Å². The molecule has 1 heterocycles. The first-order valence-electron chi connectivity index (χ1n) is 10.2. The number of halogens is 1. The van der Waals surface area contributed by atoms with E-state index in [1.54, 1.807) is 14.0 Å². The number of hydrogen-bond donors (Lipinski definition) is 2. The number of carbonyl (C=O) groups is 1. The Morgan fingerprint density at radius 3 is 2.41 bits per heavy atom. The highest BCUT2D eigenvalue weighted by Gasteiger charge is 2.17. The van der Waals surface area contributed by atoms with Crippen LogP contribution >= 0.6 is 24.0 Å². The van der Waals surface area contributed by atoms with Gasteiger partial charge in [0.15, 0.2) is 5.96 Å². The quantitative estimate of drug-likeness (QED) is 0.227. The average Bonchev–Trinajstić information content (AvgIpc) is 2.73. The van der Waals surface area contributed by atoms with Crippen molar-refractivity contribution in [2.75, 3.05) is 59.5 Å². The van der Waals surface area contributed by atoms with Gasteiger partial charge in [-0.2, -0.15) is 0 Å². The van der Waals surface area contributed by atoms with Crippen LogP contribution in [0.4, 0.5) is 0 Å². The summed E-state index contributed by atoms with van der Waals surface area (Å²) in [6.45, 7) is 10.5. The van der Waals surface area contributed by atoms with Crippen LogP contribution in [0.3, 0.4) is 0 Å². The van der Waals surface area contributed by atoms with Crippen LogP contribution in [0.15, 0.2) is 35.3 Å². The fourth-order valence-electron chi connectivity index (χ4n) is 3.20. The Bertz CT molecular complexity index is 606. The van der Waals surface area contributed by atoms with Crippen LogP contribution in [0.25, 0.3) is 0 Å². The molecular weight excluding hydrogens is 481 g/mol. The highest BCUT2D eigenvalue weighted by molar-refractivity contribution is 14.0. The number of rotatable bonds is 9. The number of ether oxygens (including phenoxy) is 1. The first-order valence-corrected chi connectivity index (χ1v) is 10.2. The van der Waals surface area contributed by atoms with Gasteiger partial charge >= 0.3 is 0 Å². The van der Waals surface area contributed by atoms with Gasteiger partial charge in [-0.1, -0.05) is 30.3 Å². The second-order valence-corrected chi connectivity index (χ2v) is 7.05. The molecule has 1 unspecified atom stereocenters. The van der Waals surface area contributed by atoms with Crippen LogP contribution in [0.2, 0.25) is 0 Å². The van der Waals surface area contributed by atoms with Crippen LogP contribution in [-0.2, 0) is 9.53 Å². The Balaban J connectivity index is 0.00000420. The molecule has 164 valence electrons. The predicted octanol–water partition coefficient (Wildman–Crippen LogP) is 2.10. The number of aliphatic imine (C=N–C) groups is 1. The van der Waals surface area contributed by atoms with E-state index in [1.807, 2.05) is 23.1 Å². The van der Waals surface area contributed by atoms with Gasteiger partial charge in [0.25, 0.3) is 0 Å². The number of nitrogens with zero attached hydrogens (tertiary/aromatic N) is 3. The molecule has 0 spiro atoms. The van der Waals surface area contributed by atoms with E-state index in [2.05, 4.69) is 39.6 Å². The van der Waals surface area contributed by atoms with Crippen molar-refractivity contribution in [2.45, 2.75) is 26.4 Å². The first-order chi connectivity index (χ1) is 13.6. The molecule has 0 bridgehead atoms. The monoisotopic (exact) mass is 517 g/mol. The molecule has 0 saturated carbocycles. The molecule has 1 atom stereocenters. The number of piperazine rings is 1. The highest BCUT2D eigenvalue weighted by Crippen LogP contribution is 2.15. The Kier molecular flexibility index (Phi) is 12.9. The fraction of sp³-hybridized carbons (Fsp3) is 0.619. The third-order valence-corrected chi connectivity index (χ3v) is 5.01. The molecule has 2 rings (SSSR count). The minimum absolute atomic E-state index is 0. The van der Waals surface area contributed by atoms with E-state index in [-0.39, 0.29) is 36.0 Å². The molecular formula is C21H36IN5O2. The van der Waals surface area contributed by atoms with Crippen molar-refractivity contribution < 1.29 is 9.53 Å². The van der Waals surface area contributed by atoms with E-state index in [4.69, 9.17) is 4.74 Å². The van der Waals surface area contributed by atoms with E-state index in [0.29, 0.717) is 6.61 Å². The lowest BCUT2D eigenvalue weighted by Crippen LogP contribution is -2.50. The van der Waals surface area contributed by atoms with Crippen molar-refractivity contribution in [1.82, 2.24) is 20.4 Å². The third kappa shape index (κ3) is 9.77. The van der Waals surface area contributed by atoms with Crippen LogP contribution in [0, 0.1) is 0 Å². The van der Waals surface area contributed by atoms with E-state index >= 15 is 0 Å². The molecule has 1 aliphatic rings. The normalized spacial score (nSPS) is 16.1. The van der Waals surface area contributed by atoms with Gasteiger partial charge in [0.1, 0.15) is 0 Å². The molecule has 0 aliphatic carbocycles. The van der Waals surface area contributed by atoms with E-state index in [0.717, 1.165) is 58.2 Å². The second-order valence-electron chi connectivity index (χ2n) is 7.05. The molecule has 0 aromatic heterocycles. The molecule has 1 aromatic rings. The summed E-state index contributed by atoms with van der Waals surface area (Å²) in [5.41, 5.74) is 1.21. The molecule has 29 heavy (non-hydrogen) atoms. The van der Waals surface area contributed by atoms with E-state index < -0.39 is 0 Å². The minimum atomic E-state index is 0. The Morgan fingerprint density at radius 1 is 1.14 bits per heavy atom. The second kappa shape index (κ2) is 14.6. The SMILES string of the molecule is CN=C(NCCCOC(C)c1ccccc1)NCCN1CCN(C(C)=O)CC1.I. The van der Waals surface area contributed by atoms with E-state index in [1.165, 1.54) is 5.56 Å². The van der Waals surface area contributed by atoms with Crippen LogP contribution in [0.1, 0.15) is 31.9 Å². The van der Waals surface area contributed by atoms with Crippen molar-refractivity contribution in [2.24, 2.45) is 4.99 Å². The summed E-state index contributed by atoms with van der Waals surface area (Å²) in [6, 6.07) is 10.3. The van der Waals surface area contributed by atoms with Crippen molar-refractivity contribution in [1.29, 1.82) is 0 Å². The van der Waals surface area contributed by atoms with Gasteiger partial charge in [0.2, 0.25) is 5.91 Å². The minimum Gasteiger partial charge on any atom is -0.374 e. The molecule has 1 aliphatic heterocycles. The average molecular weight is 517 g/mol. The van der Waals surface area contributed by atoms with Crippen molar-refractivity contribution in [3.05, 3.63) is 35.9 Å². The lowest BCUT2D eigenvalue weighted by molar-refractivity contribution is -0.130. The molecule has 1 fully saturated rings. The summed E-state index contributed by atoms with van der Waals surface area (Å²) in [5, 5.41) is 6.68. The summed E-state index contributed by atoms with van der Waals surface area (Å²) in [6.07, 6.45) is 1.03. The lowest BCUT2D eigenvalue weighted by Gasteiger charge is -2.34. The van der Waals surface area contributed by atoms with Crippen LogP contribution in [-0.4, -0.2) is 81.1 Å². The van der Waals surface area contributed by atoms with Crippen LogP contribution < -0.4 is 10.6 Å². The summed E-state index contributed by atoms with van der Waals surface area (Å²) in [5.74, 6) is 0.989. The molecule has 1 aromatic carbocycles. The van der Waals surface area contributed by atoms with Crippen molar-refractivity contribution in [3.63, 3.8) is 0 Å². The highest BCUT2D eigenvalue weighted by atomic mass is 127. The van der Waals surface area contributed by atoms with E-state index in [9.17, 15) is 4.79 Å². The first kappa shape index (κ1) is 25.6. The smallest absolute Gasteiger partial charge is 0.219 e. The molecule has 1 saturated heterocycles. The Hall–Kier alpha value is -1.39. The maximum atomic E-state index is 11.4. The summed E-state index contributed by atoms with van der Waals surface area (Å²) >= 11 is 0. The Labute approximate surface area is 192 Å². The number of hydrogen-bond acceptors (Lipinski definition) is 4. The number of amides is 1. The molecule has 1 amide bonds. The molecule has 0 radical (unpaired) electrons. The van der Waals surface area contributed by atoms with Gasteiger partial charge in [-0.15, -0.1) is 24.0 Å². The standard InChI is InChI=1S/C21H35N5O2.HI/c1-18(20-8-5-4-6-9-20)28-17-7-10-23-21(22-3)24-11-12-25-13-15-26(16-14-25)19(2)27;/h4-6,8-9,18H,7,10-17H2,1-3H3,(H2,22,23,24);1H. The number of benzene rings is 1. The Morgan fingerprint density at radius 2 is 1.79 bits per heavy atom. The van der Waals surface area contributed by atoms with Crippen LogP contribution in [0.5, 0.6) is 0 Å². The summed E-state index contributed by atoms with van der Waals surface area (Å²) in [4.78, 5) is 19.9. The van der Waals surface area contributed by atoms with Gasteiger partial charge in [-0.25, -0.2) is 0 Å². The zero-order valence-electron chi connectivity index (χ0n) is 17.9. The molecule has 2 N–H and O–H groups in total. The molecule has 7 nitrogen and oxygen atoms in total. The maximum Gasteiger partial charge on any atom is 0.219 e. The number of nitrogens with one attached hydrogen (secondary N) is 2. The van der Waals surface area contributed by atoms with Gasteiger partial charge < -0.3 is 20.3 Å². The number of carbonyl (C=O) groups excluding carboxylic acids is 1. The van der Waals surface area contributed by atoms with Crippen molar-refractivity contribution >= 4 is 35.8 Å². The largest absolute Gasteiger partial charge is 0.374 e. The predicted molar refractivity (Wildman–Crippen MR) is 129 cm³/mol. The zero-order chi connectivity index (χ0) is 20.2. The van der Waals surface area contributed by atoms with Gasteiger partial charge in [0.05, 0.1) is 6.10 Å². The molecule has 8 heteroatoms. The van der Waals surface area contributed by atoms with Gasteiger partial charge in [0, 0.05) is 66.4 Å². The fourth-order valence-corrected chi connectivity index (χ4v) is 3.20. The van der Waals surface area contributed by atoms with Gasteiger partial charge in [-0.3, -0.25) is 14.7 Å².